The van der Waals surface area contributed by atoms with Crippen LogP contribution in [0.1, 0.15) is 22.8 Å². The molecule has 1 heterocycles. The van der Waals surface area contributed by atoms with E-state index >= 15 is 0 Å². The summed E-state index contributed by atoms with van der Waals surface area (Å²) in [6.45, 7) is 1.45. The number of rotatable bonds is 5. The first kappa shape index (κ1) is 18.3. The molecular weight excluding hydrogens is 372 g/mol. The molecule has 0 spiro atoms. The third-order valence-corrected chi connectivity index (χ3v) is 4.77. The molecule has 144 valence electrons. The molecule has 0 saturated heterocycles. The van der Waals surface area contributed by atoms with Gasteiger partial charge in [-0.1, -0.05) is 36.4 Å². The maximum atomic E-state index is 12.7. The van der Waals surface area contributed by atoms with Gasteiger partial charge in [0.15, 0.2) is 0 Å². The molecule has 1 aliphatic rings. The lowest BCUT2D eigenvalue weighted by molar-refractivity contribution is -0.384. The smallest absolute Gasteiger partial charge is 0.270 e. The van der Waals surface area contributed by atoms with Gasteiger partial charge in [0.25, 0.3) is 17.5 Å². The van der Waals surface area contributed by atoms with Gasteiger partial charge in [-0.2, -0.15) is 5.10 Å². The molecule has 0 bridgehead atoms. The van der Waals surface area contributed by atoms with Crippen LogP contribution in [0.5, 0.6) is 0 Å². The normalized spacial score (nSPS) is 13.1. The van der Waals surface area contributed by atoms with E-state index in [1.807, 2.05) is 30.3 Å². The number of nitrogens with zero attached hydrogens (tertiary/aromatic N) is 3. The maximum absolute atomic E-state index is 12.7. The van der Waals surface area contributed by atoms with Crippen LogP contribution in [-0.2, 0) is 4.79 Å². The Balaban J connectivity index is 1.50. The minimum atomic E-state index is -0.493. The Morgan fingerprint density at radius 1 is 1.14 bits per heavy atom. The lowest BCUT2D eigenvalue weighted by Crippen LogP contribution is -2.37. The van der Waals surface area contributed by atoms with Crippen LogP contribution in [0.15, 0.2) is 65.8 Å². The molecule has 2 amide bonds. The van der Waals surface area contributed by atoms with E-state index in [-0.39, 0.29) is 18.1 Å². The standard InChI is InChI=1S/C21H16N4O4/c1-13(15-7-2-8-16(11-15)25(28)29)22-23-19(26)12-24-18-10-4-6-14-5-3-9-17(20(14)18)21(24)27/h2-11H,12H2,1H3,(H,23,26)/b22-13+. The second-order valence-corrected chi connectivity index (χ2v) is 6.61. The van der Waals surface area contributed by atoms with E-state index in [0.29, 0.717) is 22.5 Å². The van der Waals surface area contributed by atoms with Crippen LogP contribution < -0.4 is 10.3 Å². The fraction of sp³-hybridized carbons (Fsp3) is 0.0952. The zero-order chi connectivity index (χ0) is 20.5. The van der Waals surface area contributed by atoms with Crippen LogP contribution in [0.3, 0.4) is 0 Å². The topological polar surface area (TPSA) is 105 Å². The number of carbonyl (C=O) groups excluding carboxylic acids is 2. The predicted octanol–water partition coefficient (Wildman–Crippen LogP) is 3.25. The summed E-state index contributed by atoms with van der Waals surface area (Å²) < 4.78 is 0. The number of hydrazone groups is 1. The van der Waals surface area contributed by atoms with Crippen molar-refractivity contribution in [2.24, 2.45) is 5.10 Å². The number of carbonyl (C=O) groups is 2. The number of non-ortho nitro benzene ring substituents is 1. The van der Waals surface area contributed by atoms with E-state index in [0.717, 1.165) is 10.8 Å². The molecule has 4 rings (SSSR count). The van der Waals surface area contributed by atoms with Gasteiger partial charge in [-0.05, 0) is 24.4 Å². The molecule has 0 aromatic heterocycles. The number of anilines is 1. The van der Waals surface area contributed by atoms with Gasteiger partial charge in [-0.15, -0.1) is 0 Å². The molecule has 3 aromatic carbocycles. The summed E-state index contributed by atoms with van der Waals surface area (Å²) in [6.07, 6.45) is 0. The summed E-state index contributed by atoms with van der Waals surface area (Å²) in [7, 11) is 0. The van der Waals surface area contributed by atoms with E-state index < -0.39 is 10.8 Å². The summed E-state index contributed by atoms with van der Waals surface area (Å²) in [5.41, 5.74) is 4.57. The molecule has 0 saturated carbocycles. The van der Waals surface area contributed by atoms with E-state index in [9.17, 15) is 19.7 Å². The highest BCUT2D eigenvalue weighted by Gasteiger charge is 2.30. The number of nitrogens with one attached hydrogen (secondary N) is 1. The van der Waals surface area contributed by atoms with E-state index in [1.54, 1.807) is 25.1 Å². The van der Waals surface area contributed by atoms with Crippen molar-refractivity contribution in [3.8, 4) is 0 Å². The van der Waals surface area contributed by atoms with E-state index in [2.05, 4.69) is 10.5 Å². The lowest BCUT2D eigenvalue weighted by Gasteiger charge is -2.16. The molecule has 3 aromatic rings. The average molecular weight is 388 g/mol. The van der Waals surface area contributed by atoms with Crippen LogP contribution in [0, 0.1) is 10.1 Å². The van der Waals surface area contributed by atoms with Gasteiger partial charge in [0.2, 0.25) is 0 Å². The molecule has 0 fully saturated rings. The van der Waals surface area contributed by atoms with Crippen molar-refractivity contribution < 1.29 is 14.5 Å². The average Bonchev–Trinajstić information content (AvgIpc) is 3.00. The first-order chi connectivity index (χ1) is 14.0. The molecular formula is C21H16N4O4. The number of nitro groups is 1. The molecule has 1 N–H and O–H groups in total. The summed E-state index contributed by atoms with van der Waals surface area (Å²) in [6, 6.07) is 17.0. The third kappa shape index (κ3) is 3.31. The Kier molecular flexibility index (Phi) is 4.52. The predicted molar refractivity (Wildman–Crippen MR) is 109 cm³/mol. The second-order valence-electron chi connectivity index (χ2n) is 6.61. The Morgan fingerprint density at radius 2 is 1.86 bits per heavy atom. The van der Waals surface area contributed by atoms with Gasteiger partial charge in [0.1, 0.15) is 6.54 Å². The van der Waals surface area contributed by atoms with Crippen molar-refractivity contribution in [2.45, 2.75) is 6.92 Å². The zero-order valence-corrected chi connectivity index (χ0v) is 15.5. The molecule has 1 aliphatic heterocycles. The molecule has 8 heteroatoms. The number of benzene rings is 3. The van der Waals surface area contributed by atoms with Crippen molar-refractivity contribution in [1.82, 2.24) is 5.43 Å². The van der Waals surface area contributed by atoms with Crippen LogP contribution >= 0.6 is 0 Å². The molecule has 0 aliphatic carbocycles. The fourth-order valence-corrected chi connectivity index (χ4v) is 3.37. The summed E-state index contributed by atoms with van der Waals surface area (Å²) >= 11 is 0. The van der Waals surface area contributed by atoms with Gasteiger partial charge in [0, 0.05) is 28.6 Å². The number of nitro benzene ring substituents is 1. The van der Waals surface area contributed by atoms with Gasteiger partial charge in [0.05, 0.1) is 16.3 Å². The van der Waals surface area contributed by atoms with Crippen molar-refractivity contribution in [3.63, 3.8) is 0 Å². The van der Waals surface area contributed by atoms with Crippen LogP contribution in [0.25, 0.3) is 10.8 Å². The van der Waals surface area contributed by atoms with E-state index in [1.165, 1.54) is 17.0 Å². The summed E-state index contributed by atoms with van der Waals surface area (Å²) in [5, 5.41) is 16.7. The maximum Gasteiger partial charge on any atom is 0.270 e. The lowest BCUT2D eigenvalue weighted by atomic mass is 10.1. The monoisotopic (exact) mass is 388 g/mol. The molecule has 8 nitrogen and oxygen atoms in total. The molecule has 0 radical (unpaired) electrons. The fourth-order valence-electron chi connectivity index (χ4n) is 3.37. The van der Waals surface area contributed by atoms with Crippen LogP contribution in [0.2, 0.25) is 0 Å². The Hall–Kier alpha value is -4.07. The SMILES string of the molecule is C/C(=N\NC(=O)CN1C(=O)c2cccc3cccc1c23)c1cccc([N+](=O)[O-])c1. The quantitative estimate of drug-likeness (QED) is 0.411. The highest BCUT2D eigenvalue weighted by atomic mass is 16.6. The molecule has 0 unspecified atom stereocenters. The van der Waals surface area contributed by atoms with E-state index in [4.69, 9.17) is 0 Å². The van der Waals surface area contributed by atoms with Crippen molar-refractivity contribution >= 4 is 39.7 Å². The summed E-state index contributed by atoms with van der Waals surface area (Å²) in [5.74, 6) is -0.695. The van der Waals surface area contributed by atoms with Crippen molar-refractivity contribution in [1.29, 1.82) is 0 Å². The first-order valence-electron chi connectivity index (χ1n) is 8.87. The van der Waals surface area contributed by atoms with Gasteiger partial charge in [-0.3, -0.25) is 24.6 Å². The van der Waals surface area contributed by atoms with Crippen molar-refractivity contribution in [2.75, 3.05) is 11.4 Å². The first-order valence-corrected chi connectivity index (χ1v) is 8.87. The van der Waals surface area contributed by atoms with Crippen LogP contribution in [0.4, 0.5) is 11.4 Å². The highest BCUT2D eigenvalue weighted by Crippen LogP contribution is 2.36. The van der Waals surface area contributed by atoms with Crippen LogP contribution in [-0.4, -0.2) is 29.0 Å². The number of hydrogen-bond acceptors (Lipinski definition) is 5. The Bertz CT molecular complexity index is 1200. The zero-order valence-electron chi connectivity index (χ0n) is 15.5. The Morgan fingerprint density at radius 3 is 2.62 bits per heavy atom. The summed E-state index contributed by atoms with van der Waals surface area (Å²) in [4.78, 5) is 36.9. The van der Waals surface area contributed by atoms with Gasteiger partial charge < -0.3 is 0 Å². The molecule has 29 heavy (non-hydrogen) atoms. The second kappa shape index (κ2) is 7.16. The largest absolute Gasteiger partial charge is 0.298 e. The minimum absolute atomic E-state index is 0.0584. The highest BCUT2D eigenvalue weighted by molar-refractivity contribution is 6.26. The third-order valence-electron chi connectivity index (χ3n) is 4.77. The minimum Gasteiger partial charge on any atom is -0.298 e. The van der Waals surface area contributed by atoms with Gasteiger partial charge >= 0.3 is 0 Å². The van der Waals surface area contributed by atoms with Gasteiger partial charge in [-0.25, -0.2) is 5.43 Å². The number of amides is 2. The Labute approximate surface area is 165 Å². The number of hydrogen-bond donors (Lipinski definition) is 1. The molecule has 0 atom stereocenters. The van der Waals surface area contributed by atoms with Crippen molar-refractivity contribution in [3.05, 3.63) is 81.9 Å².